The third-order valence-corrected chi connectivity index (χ3v) is 4.81. The lowest BCUT2D eigenvalue weighted by atomic mass is 10.2. The molecule has 7 nitrogen and oxygen atoms in total. The largest absolute Gasteiger partial charge is 0.497 e. The third-order valence-electron chi connectivity index (χ3n) is 4.81. The van der Waals surface area contributed by atoms with Crippen LogP contribution in [0.3, 0.4) is 0 Å². The SMILES string of the molecule is COc1cc(OC)cc(-n2ccc3c(cnc4nc5ccccc5n43)c2=O)c1. The number of benzene rings is 2. The molecule has 0 aliphatic carbocycles. The number of ether oxygens (including phenoxy) is 2. The zero-order chi connectivity index (χ0) is 19.3. The molecular weight excluding hydrogens is 356 g/mol. The summed E-state index contributed by atoms with van der Waals surface area (Å²) >= 11 is 0. The minimum absolute atomic E-state index is 0.181. The number of hydrogen-bond acceptors (Lipinski definition) is 5. The second kappa shape index (κ2) is 6.09. The van der Waals surface area contributed by atoms with Crippen molar-refractivity contribution in [3.63, 3.8) is 0 Å². The number of para-hydroxylation sites is 2. The number of pyridine rings is 1. The highest BCUT2D eigenvalue weighted by molar-refractivity contribution is 5.88. The van der Waals surface area contributed by atoms with Crippen LogP contribution in [0.2, 0.25) is 0 Å². The number of hydrogen-bond donors (Lipinski definition) is 0. The van der Waals surface area contributed by atoms with Gasteiger partial charge in [0.1, 0.15) is 11.5 Å². The minimum Gasteiger partial charge on any atom is -0.497 e. The van der Waals surface area contributed by atoms with Crippen molar-refractivity contribution in [3.05, 3.63) is 71.3 Å². The number of rotatable bonds is 3. The predicted molar refractivity (Wildman–Crippen MR) is 107 cm³/mol. The van der Waals surface area contributed by atoms with Gasteiger partial charge in [-0.15, -0.1) is 0 Å². The summed E-state index contributed by atoms with van der Waals surface area (Å²) in [4.78, 5) is 22.2. The van der Waals surface area contributed by atoms with Crippen molar-refractivity contribution in [2.45, 2.75) is 0 Å². The van der Waals surface area contributed by atoms with Gasteiger partial charge in [0.2, 0.25) is 5.78 Å². The van der Waals surface area contributed by atoms with E-state index in [1.165, 1.54) is 0 Å². The number of nitrogens with zero attached hydrogens (tertiary/aromatic N) is 4. The molecule has 3 aromatic heterocycles. The average molecular weight is 372 g/mol. The maximum Gasteiger partial charge on any atom is 0.266 e. The second-order valence-corrected chi connectivity index (χ2v) is 6.35. The molecule has 3 heterocycles. The molecular formula is C21H16N4O3. The zero-order valence-corrected chi connectivity index (χ0v) is 15.3. The third kappa shape index (κ3) is 2.33. The van der Waals surface area contributed by atoms with Gasteiger partial charge in [-0.05, 0) is 18.2 Å². The Morgan fingerprint density at radius 3 is 2.43 bits per heavy atom. The number of aromatic nitrogens is 4. The van der Waals surface area contributed by atoms with Crippen LogP contribution in [0.4, 0.5) is 0 Å². The Kier molecular flexibility index (Phi) is 3.55. The molecule has 0 N–H and O–H groups in total. The topological polar surface area (TPSA) is 70.7 Å². The number of methoxy groups -OCH3 is 2. The van der Waals surface area contributed by atoms with Gasteiger partial charge in [-0.2, -0.15) is 0 Å². The van der Waals surface area contributed by atoms with Crippen LogP contribution in [0, 0.1) is 0 Å². The lowest BCUT2D eigenvalue weighted by Crippen LogP contribution is -2.18. The molecule has 138 valence electrons. The highest BCUT2D eigenvalue weighted by Gasteiger charge is 2.13. The first kappa shape index (κ1) is 16.3. The predicted octanol–water partition coefficient (Wildman–Crippen LogP) is 3.20. The minimum atomic E-state index is -0.181. The Labute approximate surface area is 159 Å². The van der Waals surface area contributed by atoms with E-state index in [1.54, 1.807) is 49.4 Å². The van der Waals surface area contributed by atoms with Gasteiger partial charge in [-0.1, -0.05) is 12.1 Å². The number of imidazole rings is 1. The number of fused-ring (bicyclic) bond motifs is 5. The van der Waals surface area contributed by atoms with E-state index in [9.17, 15) is 4.79 Å². The summed E-state index contributed by atoms with van der Waals surface area (Å²) in [7, 11) is 3.15. The van der Waals surface area contributed by atoms with Crippen LogP contribution >= 0.6 is 0 Å². The maximum atomic E-state index is 13.2. The van der Waals surface area contributed by atoms with Crippen molar-refractivity contribution in [2.75, 3.05) is 14.2 Å². The highest BCUT2D eigenvalue weighted by atomic mass is 16.5. The van der Waals surface area contributed by atoms with Crippen molar-refractivity contribution in [2.24, 2.45) is 0 Å². The van der Waals surface area contributed by atoms with Crippen LogP contribution in [0.15, 0.2) is 65.7 Å². The molecule has 7 heteroatoms. The second-order valence-electron chi connectivity index (χ2n) is 6.35. The van der Waals surface area contributed by atoms with Gasteiger partial charge in [0, 0.05) is 30.6 Å². The van der Waals surface area contributed by atoms with Gasteiger partial charge >= 0.3 is 0 Å². The Morgan fingerprint density at radius 1 is 0.929 bits per heavy atom. The van der Waals surface area contributed by atoms with Gasteiger partial charge < -0.3 is 9.47 Å². The van der Waals surface area contributed by atoms with Crippen molar-refractivity contribution >= 4 is 27.7 Å². The Balaban J connectivity index is 1.82. The van der Waals surface area contributed by atoms with Crippen LogP contribution in [0.1, 0.15) is 0 Å². The van der Waals surface area contributed by atoms with E-state index in [0.29, 0.717) is 28.4 Å². The van der Waals surface area contributed by atoms with Crippen molar-refractivity contribution in [1.29, 1.82) is 0 Å². The Morgan fingerprint density at radius 2 is 1.68 bits per heavy atom. The molecule has 5 rings (SSSR count). The van der Waals surface area contributed by atoms with E-state index < -0.39 is 0 Å². The van der Waals surface area contributed by atoms with Gasteiger partial charge in [-0.3, -0.25) is 13.8 Å². The molecule has 0 radical (unpaired) electrons. The molecule has 0 aliphatic heterocycles. The molecule has 0 aliphatic rings. The fraction of sp³-hybridized carbons (Fsp3) is 0.0952. The van der Waals surface area contributed by atoms with Gasteiger partial charge in [0.25, 0.3) is 5.56 Å². The van der Waals surface area contributed by atoms with E-state index >= 15 is 0 Å². The summed E-state index contributed by atoms with van der Waals surface area (Å²) in [5, 5.41) is 0.500. The summed E-state index contributed by atoms with van der Waals surface area (Å²) in [5.74, 6) is 1.78. The molecule has 0 saturated carbocycles. The van der Waals surface area contributed by atoms with E-state index in [-0.39, 0.29) is 5.56 Å². The van der Waals surface area contributed by atoms with Crippen molar-refractivity contribution in [1.82, 2.24) is 18.9 Å². The zero-order valence-electron chi connectivity index (χ0n) is 15.3. The monoisotopic (exact) mass is 372 g/mol. The van der Waals surface area contributed by atoms with E-state index in [2.05, 4.69) is 9.97 Å². The molecule has 0 unspecified atom stereocenters. The van der Waals surface area contributed by atoms with Crippen molar-refractivity contribution < 1.29 is 9.47 Å². The fourth-order valence-electron chi connectivity index (χ4n) is 3.45. The fourth-order valence-corrected chi connectivity index (χ4v) is 3.45. The molecule has 28 heavy (non-hydrogen) atoms. The van der Waals surface area contributed by atoms with Crippen LogP contribution in [-0.4, -0.2) is 33.2 Å². The first-order valence-corrected chi connectivity index (χ1v) is 8.70. The van der Waals surface area contributed by atoms with Crippen molar-refractivity contribution in [3.8, 4) is 17.2 Å². The molecule has 0 fully saturated rings. The lowest BCUT2D eigenvalue weighted by Gasteiger charge is -2.11. The van der Waals surface area contributed by atoms with Crippen LogP contribution < -0.4 is 15.0 Å². The van der Waals surface area contributed by atoms with Crippen LogP contribution in [0.25, 0.3) is 33.4 Å². The first-order valence-electron chi connectivity index (χ1n) is 8.70. The van der Waals surface area contributed by atoms with Crippen LogP contribution in [-0.2, 0) is 0 Å². The van der Waals surface area contributed by atoms with Crippen LogP contribution in [0.5, 0.6) is 11.5 Å². The normalized spacial score (nSPS) is 11.4. The summed E-state index contributed by atoms with van der Waals surface area (Å²) in [6.45, 7) is 0. The van der Waals surface area contributed by atoms with Gasteiger partial charge in [0.05, 0.1) is 41.8 Å². The molecule has 0 atom stereocenters. The maximum absolute atomic E-state index is 13.2. The molecule has 5 aromatic rings. The molecule has 0 bridgehead atoms. The van der Waals surface area contributed by atoms with E-state index in [0.717, 1.165) is 16.6 Å². The highest BCUT2D eigenvalue weighted by Crippen LogP contribution is 2.25. The summed E-state index contributed by atoms with van der Waals surface area (Å²) in [5.41, 5.74) is 2.98. The first-order chi connectivity index (χ1) is 13.7. The summed E-state index contributed by atoms with van der Waals surface area (Å²) < 4.78 is 14.1. The molecule has 0 amide bonds. The summed E-state index contributed by atoms with van der Waals surface area (Å²) in [6.07, 6.45) is 3.32. The van der Waals surface area contributed by atoms with Gasteiger partial charge in [-0.25, -0.2) is 9.97 Å². The van der Waals surface area contributed by atoms with E-state index in [1.807, 2.05) is 34.7 Å². The quantitative estimate of drug-likeness (QED) is 0.486. The standard InChI is InChI=1S/C21H16N4O3/c1-27-14-9-13(10-15(11-14)28-2)24-8-7-18-16(20(24)26)12-22-21-23-17-5-3-4-6-19(17)25(18)21/h3-12H,1-2H3. The van der Waals surface area contributed by atoms with E-state index in [4.69, 9.17) is 9.47 Å². The Bertz CT molecular complexity index is 1400. The summed E-state index contributed by atoms with van der Waals surface area (Å²) in [6, 6.07) is 15.0. The lowest BCUT2D eigenvalue weighted by molar-refractivity contribution is 0.394. The molecule has 0 saturated heterocycles. The Hall–Kier alpha value is -3.87. The average Bonchev–Trinajstić information content (AvgIpc) is 3.12. The molecule has 0 spiro atoms. The molecule has 2 aromatic carbocycles. The van der Waals surface area contributed by atoms with Gasteiger partial charge in [0.15, 0.2) is 0 Å². The smallest absolute Gasteiger partial charge is 0.266 e.